The number of rotatable bonds is 6. The van der Waals surface area contributed by atoms with Gasteiger partial charge in [0.1, 0.15) is 15.8 Å². The molecule has 0 radical (unpaired) electrons. The molecule has 1 saturated heterocycles. The van der Waals surface area contributed by atoms with Crippen molar-refractivity contribution in [2.45, 2.75) is 6.42 Å². The van der Waals surface area contributed by atoms with E-state index in [1.54, 1.807) is 41.3 Å². The van der Waals surface area contributed by atoms with Gasteiger partial charge >= 0.3 is 5.97 Å². The molecule has 1 aromatic heterocycles. The van der Waals surface area contributed by atoms with E-state index in [0.29, 0.717) is 32.9 Å². The lowest BCUT2D eigenvalue weighted by Gasteiger charge is -2.14. The number of methoxy groups -OCH3 is 1. The van der Waals surface area contributed by atoms with Crippen LogP contribution in [-0.2, 0) is 16.0 Å². The van der Waals surface area contributed by atoms with Gasteiger partial charge in [-0.25, -0.2) is 4.79 Å². The molecule has 1 fully saturated rings. The van der Waals surface area contributed by atoms with E-state index >= 15 is 0 Å². The van der Waals surface area contributed by atoms with Crippen molar-refractivity contribution < 1.29 is 18.7 Å². The quantitative estimate of drug-likeness (QED) is 0.294. The minimum atomic E-state index is -0.388. The number of hydrogen-bond donors (Lipinski definition) is 0. The molecule has 5 nitrogen and oxygen atoms in total. The lowest BCUT2D eigenvalue weighted by molar-refractivity contribution is -0.122. The summed E-state index contributed by atoms with van der Waals surface area (Å²) in [6.45, 7) is 0.544. The molecule has 1 aliphatic rings. The Kier molecular flexibility index (Phi) is 6.34. The van der Waals surface area contributed by atoms with E-state index in [-0.39, 0.29) is 11.9 Å². The maximum atomic E-state index is 12.8. The molecule has 0 bridgehead atoms. The molecule has 156 valence electrons. The highest BCUT2D eigenvalue weighted by Crippen LogP contribution is 2.33. The summed E-state index contributed by atoms with van der Waals surface area (Å²) in [6, 6.07) is 20.6. The standard InChI is InChI=1S/C24H19NO4S2/c1-28-23(27)18-9-7-17(8-10-18)20-12-11-19(29-20)15-21-22(26)25(24(30)31-21)14-13-16-5-3-2-4-6-16/h2-12,15H,13-14H2,1H3/b21-15-. The van der Waals surface area contributed by atoms with Gasteiger partial charge in [0, 0.05) is 18.2 Å². The lowest BCUT2D eigenvalue weighted by Crippen LogP contribution is -2.30. The fourth-order valence-electron chi connectivity index (χ4n) is 3.18. The van der Waals surface area contributed by atoms with Gasteiger partial charge in [-0.1, -0.05) is 66.4 Å². The van der Waals surface area contributed by atoms with Gasteiger partial charge < -0.3 is 9.15 Å². The number of ether oxygens (including phenoxy) is 1. The van der Waals surface area contributed by atoms with Crippen LogP contribution in [0.25, 0.3) is 17.4 Å². The Balaban J connectivity index is 1.45. The van der Waals surface area contributed by atoms with E-state index < -0.39 is 0 Å². The highest BCUT2D eigenvalue weighted by atomic mass is 32.2. The van der Waals surface area contributed by atoms with Crippen LogP contribution < -0.4 is 0 Å². The molecule has 2 aromatic carbocycles. The average Bonchev–Trinajstić information content (AvgIpc) is 3.37. The SMILES string of the molecule is COC(=O)c1ccc(-c2ccc(/C=C3\SC(=S)N(CCc4ccccc4)C3=O)o2)cc1. The van der Waals surface area contributed by atoms with Crippen molar-refractivity contribution in [3.63, 3.8) is 0 Å². The second-order valence-electron chi connectivity index (χ2n) is 6.84. The minimum Gasteiger partial charge on any atom is -0.465 e. The molecular weight excluding hydrogens is 430 g/mol. The molecule has 0 saturated carbocycles. The van der Waals surface area contributed by atoms with Gasteiger partial charge in [0.25, 0.3) is 5.91 Å². The summed E-state index contributed by atoms with van der Waals surface area (Å²) in [4.78, 5) is 26.6. The highest BCUT2D eigenvalue weighted by Gasteiger charge is 2.31. The summed E-state index contributed by atoms with van der Waals surface area (Å²) in [6.07, 6.45) is 2.46. The zero-order valence-corrected chi connectivity index (χ0v) is 18.4. The topological polar surface area (TPSA) is 59.8 Å². The Labute approximate surface area is 189 Å². The van der Waals surface area contributed by atoms with Gasteiger partial charge in [-0.3, -0.25) is 9.69 Å². The molecule has 3 aromatic rings. The first-order valence-electron chi connectivity index (χ1n) is 9.63. The van der Waals surface area contributed by atoms with Crippen molar-refractivity contribution in [3.05, 3.63) is 88.5 Å². The molecule has 0 atom stereocenters. The number of esters is 1. The Morgan fingerprint density at radius 3 is 2.55 bits per heavy atom. The zero-order valence-electron chi connectivity index (χ0n) is 16.7. The molecule has 1 aliphatic heterocycles. The van der Waals surface area contributed by atoms with Crippen LogP contribution in [0.3, 0.4) is 0 Å². The highest BCUT2D eigenvalue weighted by molar-refractivity contribution is 8.26. The van der Waals surface area contributed by atoms with Gasteiger partial charge in [-0.05, 0) is 36.2 Å². The van der Waals surface area contributed by atoms with E-state index in [9.17, 15) is 9.59 Å². The van der Waals surface area contributed by atoms with Crippen LogP contribution in [0.1, 0.15) is 21.7 Å². The molecule has 1 amide bonds. The molecule has 0 spiro atoms. The lowest BCUT2D eigenvalue weighted by atomic mass is 10.1. The van der Waals surface area contributed by atoms with Crippen molar-refractivity contribution in [2.24, 2.45) is 0 Å². The van der Waals surface area contributed by atoms with E-state index in [0.717, 1.165) is 17.5 Å². The first-order chi connectivity index (χ1) is 15.0. The van der Waals surface area contributed by atoms with Crippen molar-refractivity contribution in [2.75, 3.05) is 13.7 Å². The van der Waals surface area contributed by atoms with Crippen molar-refractivity contribution in [3.8, 4) is 11.3 Å². The maximum absolute atomic E-state index is 12.8. The predicted molar refractivity (Wildman–Crippen MR) is 126 cm³/mol. The number of nitrogens with zero attached hydrogens (tertiary/aromatic N) is 1. The molecule has 31 heavy (non-hydrogen) atoms. The second kappa shape index (κ2) is 9.32. The predicted octanol–water partition coefficient (Wildman–Crippen LogP) is 5.18. The van der Waals surface area contributed by atoms with Gasteiger partial charge in [-0.2, -0.15) is 0 Å². The fraction of sp³-hybridized carbons (Fsp3) is 0.125. The number of benzene rings is 2. The van der Waals surface area contributed by atoms with Crippen LogP contribution in [0.2, 0.25) is 0 Å². The largest absolute Gasteiger partial charge is 0.465 e. The van der Waals surface area contributed by atoms with Gasteiger partial charge in [0.15, 0.2) is 0 Å². The van der Waals surface area contributed by atoms with Crippen molar-refractivity contribution in [1.29, 1.82) is 0 Å². The van der Waals surface area contributed by atoms with Crippen molar-refractivity contribution in [1.82, 2.24) is 4.90 Å². The minimum absolute atomic E-state index is 0.105. The first-order valence-corrected chi connectivity index (χ1v) is 10.9. The number of thiocarbonyl (C=S) groups is 1. The van der Waals surface area contributed by atoms with Crippen LogP contribution in [0, 0.1) is 0 Å². The summed E-state index contributed by atoms with van der Waals surface area (Å²) in [7, 11) is 1.35. The number of hydrogen-bond acceptors (Lipinski definition) is 6. The number of carbonyl (C=O) groups excluding carboxylic acids is 2. The molecule has 2 heterocycles. The Bertz CT molecular complexity index is 1150. The molecule has 0 N–H and O–H groups in total. The summed E-state index contributed by atoms with van der Waals surface area (Å²) in [5, 5.41) is 0. The summed E-state index contributed by atoms with van der Waals surface area (Å²) in [5.74, 6) is 0.713. The van der Waals surface area contributed by atoms with Crippen LogP contribution in [0.15, 0.2) is 76.1 Å². The molecule has 0 unspecified atom stereocenters. The van der Waals surface area contributed by atoms with E-state index in [1.807, 2.05) is 36.4 Å². The Morgan fingerprint density at radius 2 is 1.84 bits per heavy atom. The number of amides is 1. The molecular formula is C24H19NO4S2. The molecule has 0 aliphatic carbocycles. The Morgan fingerprint density at radius 1 is 1.10 bits per heavy atom. The van der Waals surface area contributed by atoms with Gasteiger partial charge in [-0.15, -0.1) is 0 Å². The average molecular weight is 450 g/mol. The monoisotopic (exact) mass is 449 g/mol. The van der Waals surface area contributed by atoms with Gasteiger partial charge in [0.2, 0.25) is 0 Å². The maximum Gasteiger partial charge on any atom is 0.337 e. The van der Waals surface area contributed by atoms with Crippen LogP contribution >= 0.6 is 24.0 Å². The Hall–Kier alpha value is -3.16. The van der Waals surface area contributed by atoms with Crippen LogP contribution in [0.4, 0.5) is 0 Å². The van der Waals surface area contributed by atoms with Crippen LogP contribution in [-0.4, -0.2) is 34.8 Å². The van der Waals surface area contributed by atoms with E-state index in [4.69, 9.17) is 21.4 Å². The number of carbonyl (C=O) groups is 2. The third-order valence-corrected chi connectivity index (χ3v) is 6.21. The van der Waals surface area contributed by atoms with Crippen LogP contribution in [0.5, 0.6) is 0 Å². The third kappa shape index (κ3) is 4.78. The fourth-order valence-corrected chi connectivity index (χ4v) is 4.47. The van der Waals surface area contributed by atoms with E-state index in [2.05, 4.69) is 0 Å². The zero-order chi connectivity index (χ0) is 21.8. The first kappa shape index (κ1) is 21.1. The van der Waals surface area contributed by atoms with E-state index in [1.165, 1.54) is 18.9 Å². The summed E-state index contributed by atoms with van der Waals surface area (Å²) in [5.41, 5.74) is 2.45. The summed E-state index contributed by atoms with van der Waals surface area (Å²) < 4.78 is 11.2. The smallest absolute Gasteiger partial charge is 0.337 e. The third-order valence-electron chi connectivity index (χ3n) is 4.83. The molecule has 4 rings (SSSR count). The summed E-state index contributed by atoms with van der Waals surface area (Å²) >= 11 is 6.69. The number of thioether (sulfide) groups is 1. The normalized spacial score (nSPS) is 15.0. The second-order valence-corrected chi connectivity index (χ2v) is 8.52. The molecule has 7 heteroatoms. The van der Waals surface area contributed by atoms with Crippen molar-refractivity contribution >= 4 is 46.3 Å². The van der Waals surface area contributed by atoms with Gasteiger partial charge in [0.05, 0.1) is 17.6 Å². The number of furan rings is 1.